The zero-order valence-electron chi connectivity index (χ0n) is 16.9. The Hall–Kier alpha value is -2.53. The van der Waals surface area contributed by atoms with Gasteiger partial charge in [0.1, 0.15) is 18.1 Å². The van der Waals surface area contributed by atoms with Gasteiger partial charge in [-0.05, 0) is 61.6 Å². The zero-order chi connectivity index (χ0) is 19.9. The van der Waals surface area contributed by atoms with E-state index in [0.717, 1.165) is 25.0 Å². The topological polar surface area (TPSA) is 56.8 Å². The predicted molar refractivity (Wildman–Crippen MR) is 110 cm³/mol. The maximum Gasteiger partial charge on any atom is 0.255 e. The van der Waals surface area contributed by atoms with Crippen LogP contribution in [0.15, 0.2) is 42.5 Å². The van der Waals surface area contributed by atoms with Gasteiger partial charge in [-0.25, -0.2) is 0 Å². The van der Waals surface area contributed by atoms with E-state index in [2.05, 4.69) is 19.2 Å². The maximum atomic E-state index is 12.8. The van der Waals surface area contributed by atoms with E-state index in [9.17, 15) is 4.79 Å². The number of hydrogen-bond donors (Lipinski definition) is 1. The zero-order valence-corrected chi connectivity index (χ0v) is 16.9. The number of carbonyl (C=O) groups is 1. The second-order valence-electron chi connectivity index (χ2n) is 7.63. The molecule has 1 saturated heterocycles. The third-order valence-corrected chi connectivity index (χ3v) is 4.51. The molecule has 0 radical (unpaired) electrons. The number of aryl methyl sites for hydroxylation is 1. The first-order valence-corrected chi connectivity index (χ1v) is 9.90. The lowest BCUT2D eigenvalue weighted by Gasteiger charge is -2.16. The van der Waals surface area contributed by atoms with Gasteiger partial charge < -0.3 is 19.5 Å². The van der Waals surface area contributed by atoms with Crippen LogP contribution < -0.4 is 14.8 Å². The van der Waals surface area contributed by atoms with Crippen LogP contribution in [-0.4, -0.2) is 31.8 Å². The summed E-state index contributed by atoms with van der Waals surface area (Å²) in [4.78, 5) is 12.8. The third kappa shape index (κ3) is 5.73. The number of rotatable bonds is 8. The van der Waals surface area contributed by atoms with Gasteiger partial charge in [-0.2, -0.15) is 0 Å². The molecule has 1 aliphatic rings. The minimum absolute atomic E-state index is 0.124. The van der Waals surface area contributed by atoms with Gasteiger partial charge in [0.15, 0.2) is 0 Å². The standard InChI is InChI=1S/C23H29NO4/c1-16(2)14-27-19-7-4-6-18(13-19)23(25)24-21-10-9-17(3)12-22(21)28-15-20-8-5-11-26-20/h4,6-7,9-10,12-13,16,20H,5,8,11,14-15H2,1-3H3,(H,24,25). The number of ether oxygens (including phenoxy) is 3. The summed E-state index contributed by atoms with van der Waals surface area (Å²) in [6.07, 6.45) is 2.20. The first kappa shape index (κ1) is 20.2. The van der Waals surface area contributed by atoms with Crippen LogP contribution in [0, 0.1) is 12.8 Å². The molecule has 1 unspecified atom stereocenters. The highest BCUT2D eigenvalue weighted by molar-refractivity contribution is 6.05. The summed E-state index contributed by atoms with van der Waals surface area (Å²) >= 11 is 0. The number of anilines is 1. The Kier molecular flexibility index (Phi) is 6.93. The highest BCUT2D eigenvalue weighted by atomic mass is 16.5. The molecule has 1 N–H and O–H groups in total. The Balaban J connectivity index is 1.68. The smallest absolute Gasteiger partial charge is 0.255 e. The van der Waals surface area contributed by atoms with Gasteiger partial charge in [0, 0.05) is 12.2 Å². The Labute approximate surface area is 167 Å². The lowest BCUT2D eigenvalue weighted by molar-refractivity contribution is 0.0681. The van der Waals surface area contributed by atoms with Crippen LogP contribution in [0.3, 0.4) is 0 Å². The third-order valence-electron chi connectivity index (χ3n) is 4.51. The summed E-state index contributed by atoms with van der Waals surface area (Å²) in [5, 5.41) is 2.96. The predicted octanol–water partition coefficient (Wildman–Crippen LogP) is 4.84. The quantitative estimate of drug-likeness (QED) is 0.709. The van der Waals surface area contributed by atoms with Crippen LogP contribution in [0.2, 0.25) is 0 Å². The Morgan fingerprint density at radius 2 is 2.07 bits per heavy atom. The molecule has 0 bridgehead atoms. The molecule has 2 aromatic carbocycles. The van der Waals surface area contributed by atoms with E-state index in [1.807, 2.05) is 37.3 Å². The second kappa shape index (κ2) is 9.60. The minimum atomic E-state index is -0.194. The van der Waals surface area contributed by atoms with Crippen LogP contribution in [0.25, 0.3) is 0 Å². The van der Waals surface area contributed by atoms with Gasteiger partial charge in [0.25, 0.3) is 5.91 Å². The van der Waals surface area contributed by atoms with Crippen LogP contribution in [0.4, 0.5) is 5.69 Å². The molecule has 0 spiro atoms. The summed E-state index contributed by atoms with van der Waals surface area (Å²) in [6.45, 7) is 8.08. The number of carbonyl (C=O) groups excluding carboxylic acids is 1. The molecule has 0 aliphatic carbocycles. The van der Waals surface area contributed by atoms with Gasteiger partial charge in [-0.3, -0.25) is 4.79 Å². The van der Waals surface area contributed by atoms with Crippen LogP contribution in [0.5, 0.6) is 11.5 Å². The molecule has 28 heavy (non-hydrogen) atoms. The molecule has 5 heteroatoms. The van der Waals surface area contributed by atoms with Gasteiger partial charge >= 0.3 is 0 Å². The average molecular weight is 383 g/mol. The number of hydrogen-bond acceptors (Lipinski definition) is 4. The summed E-state index contributed by atoms with van der Waals surface area (Å²) in [5.41, 5.74) is 2.28. The highest BCUT2D eigenvalue weighted by Gasteiger charge is 2.18. The van der Waals surface area contributed by atoms with Crippen molar-refractivity contribution in [3.05, 3.63) is 53.6 Å². The van der Waals surface area contributed by atoms with Crippen molar-refractivity contribution in [2.24, 2.45) is 5.92 Å². The number of nitrogens with one attached hydrogen (secondary N) is 1. The van der Waals surface area contributed by atoms with E-state index in [4.69, 9.17) is 14.2 Å². The van der Waals surface area contributed by atoms with Crippen LogP contribution in [0.1, 0.15) is 42.6 Å². The Morgan fingerprint density at radius 1 is 1.21 bits per heavy atom. The number of benzene rings is 2. The Morgan fingerprint density at radius 3 is 2.82 bits per heavy atom. The van der Waals surface area contributed by atoms with E-state index in [-0.39, 0.29) is 12.0 Å². The molecule has 1 amide bonds. The summed E-state index contributed by atoms with van der Waals surface area (Å²) < 4.78 is 17.3. The lowest BCUT2D eigenvalue weighted by atomic mass is 10.1. The van der Waals surface area contributed by atoms with Gasteiger partial charge in [-0.1, -0.05) is 26.0 Å². The van der Waals surface area contributed by atoms with Gasteiger partial charge in [0.05, 0.1) is 18.4 Å². The largest absolute Gasteiger partial charge is 0.493 e. The molecule has 2 aromatic rings. The summed E-state index contributed by atoms with van der Waals surface area (Å²) in [5.74, 6) is 1.59. The van der Waals surface area contributed by atoms with Crippen molar-refractivity contribution < 1.29 is 19.0 Å². The molecule has 1 fully saturated rings. The normalized spacial score (nSPS) is 16.2. The molecule has 3 rings (SSSR count). The van der Waals surface area contributed by atoms with E-state index in [1.54, 1.807) is 12.1 Å². The molecule has 1 atom stereocenters. The lowest BCUT2D eigenvalue weighted by Crippen LogP contribution is -2.18. The first-order valence-electron chi connectivity index (χ1n) is 9.90. The van der Waals surface area contributed by atoms with Gasteiger partial charge in [-0.15, -0.1) is 0 Å². The molecular formula is C23H29NO4. The Bertz CT molecular complexity index is 797. The van der Waals surface area contributed by atoms with Crippen molar-refractivity contribution in [1.82, 2.24) is 0 Å². The fraction of sp³-hybridized carbons (Fsp3) is 0.435. The van der Waals surface area contributed by atoms with Crippen molar-refractivity contribution in [3.63, 3.8) is 0 Å². The van der Waals surface area contributed by atoms with Crippen LogP contribution in [-0.2, 0) is 4.74 Å². The summed E-state index contributed by atoms with van der Waals surface area (Å²) in [6, 6.07) is 13.0. The van der Waals surface area contributed by atoms with Crippen LogP contribution >= 0.6 is 0 Å². The molecule has 1 aliphatic heterocycles. The SMILES string of the molecule is Cc1ccc(NC(=O)c2cccc(OCC(C)C)c2)c(OCC2CCCO2)c1. The molecule has 150 valence electrons. The average Bonchev–Trinajstić information content (AvgIpc) is 3.20. The van der Waals surface area contributed by atoms with E-state index in [0.29, 0.717) is 41.9 Å². The maximum absolute atomic E-state index is 12.8. The fourth-order valence-electron chi connectivity index (χ4n) is 3.00. The van der Waals surface area contributed by atoms with E-state index >= 15 is 0 Å². The molecular weight excluding hydrogens is 354 g/mol. The monoisotopic (exact) mass is 383 g/mol. The van der Waals surface area contributed by atoms with Crippen molar-refractivity contribution in [2.45, 2.75) is 39.7 Å². The van der Waals surface area contributed by atoms with Gasteiger partial charge in [0.2, 0.25) is 0 Å². The van der Waals surface area contributed by atoms with E-state index < -0.39 is 0 Å². The van der Waals surface area contributed by atoms with Crippen molar-refractivity contribution >= 4 is 11.6 Å². The number of amides is 1. The molecule has 1 heterocycles. The van der Waals surface area contributed by atoms with Crippen molar-refractivity contribution in [1.29, 1.82) is 0 Å². The van der Waals surface area contributed by atoms with E-state index in [1.165, 1.54) is 0 Å². The highest BCUT2D eigenvalue weighted by Crippen LogP contribution is 2.28. The summed E-state index contributed by atoms with van der Waals surface area (Å²) in [7, 11) is 0. The first-order chi connectivity index (χ1) is 13.5. The van der Waals surface area contributed by atoms with Crippen molar-refractivity contribution in [3.8, 4) is 11.5 Å². The molecule has 5 nitrogen and oxygen atoms in total. The van der Waals surface area contributed by atoms with Crippen molar-refractivity contribution in [2.75, 3.05) is 25.1 Å². The second-order valence-corrected chi connectivity index (χ2v) is 7.63. The molecule has 0 saturated carbocycles. The minimum Gasteiger partial charge on any atom is -0.493 e. The fourth-order valence-corrected chi connectivity index (χ4v) is 3.00. The molecule has 0 aromatic heterocycles.